The normalized spacial score (nSPS) is 21.7. The van der Waals surface area contributed by atoms with Crippen LogP contribution < -0.4 is 16.0 Å². The number of thioether (sulfide) groups is 1. The lowest BCUT2D eigenvalue weighted by atomic mass is 9.86. The Labute approximate surface area is 202 Å². The second-order valence-corrected chi connectivity index (χ2v) is 9.80. The largest absolute Gasteiger partial charge is 0.351 e. The molecule has 1 aliphatic heterocycles. The molecule has 34 heavy (non-hydrogen) atoms. The van der Waals surface area contributed by atoms with Gasteiger partial charge in [-0.2, -0.15) is 0 Å². The van der Waals surface area contributed by atoms with E-state index < -0.39 is 0 Å². The molecule has 2 heterocycles. The number of hydrogen-bond acceptors (Lipinski definition) is 7. The second kappa shape index (κ2) is 10.4. The summed E-state index contributed by atoms with van der Waals surface area (Å²) in [4.78, 5) is 32.3. The number of hydrogen-bond donors (Lipinski definition) is 3. The zero-order valence-corrected chi connectivity index (χ0v) is 19.6. The van der Waals surface area contributed by atoms with Gasteiger partial charge in [-0.05, 0) is 78.4 Å². The van der Waals surface area contributed by atoms with Gasteiger partial charge < -0.3 is 10.6 Å². The van der Waals surface area contributed by atoms with Crippen LogP contribution >= 0.6 is 11.8 Å². The number of nitrogens with zero attached hydrogens (tertiary/aromatic N) is 2. The highest BCUT2D eigenvalue weighted by Crippen LogP contribution is 2.27. The third kappa shape index (κ3) is 5.46. The first-order valence-electron chi connectivity index (χ1n) is 11.7. The molecule has 3 aromatic rings. The Morgan fingerprint density at radius 1 is 1.03 bits per heavy atom. The van der Waals surface area contributed by atoms with Crippen molar-refractivity contribution in [3.05, 3.63) is 70.9 Å². The van der Waals surface area contributed by atoms with Crippen LogP contribution in [0.4, 0.5) is 10.7 Å². The van der Waals surface area contributed by atoms with E-state index in [0.717, 1.165) is 50.5 Å². The number of aromatic nitrogens is 2. The summed E-state index contributed by atoms with van der Waals surface area (Å²) in [6.45, 7) is 1.91. The Hall–Kier alpha value is -3.23. The maximum atomic E-state index is 11.7. The van der Waals surface area contributed by atoms with Crippen LogP contribution in [-0.2, 0) is 11.3 Å². The number of carbonyl (C=O) groups is 2. The maximum Gasteiger partial charge on any atom is 0.290 e. The molecule has 3 N–H and O–H groups in total. The van der Waals surface area contributed by atoms with Gasteiger partial charge in [0, 0.05) is 18.8 Å². The minimum absolute atomic E-state index is 0.336. The molecule has 2 amide bonds. The molecule has 174 valence electrons. The molecule has 1 saturated heterocycles. The molecule has 1 aromatic heterocycles. The molecule has 0 spiro atoms. The highest BCUT2D eigenvalue weighted by molar-refractivity contribution is 8.18. The fourth-order valence-electron chi connectivity index (χ4n) is 4.63. The molecule has 0 unspecified atom stereocenters. The van der Waals surface area contributed by atoms with Crippen LogP contribution in [0, 0.1) is 5.92 Å². The number of fused-ring (bicyclic) bond motifs is 1. The monoisotopic (exact) mass is 473 g/mol. The Morgan fingerprint density at radius 3 is 2.68 bits per heavy atom. The number of carbonyl (C=O) groups excluding carboxylic acids is 2. The quantitative estimate of drug-likeness (QED) is 0.428. The third-order valence-corrected chi connectivity index (χ3v) is 7.22. The summed E-state index contributed by atoms with van der Waals surface area (Å²) in [6, 6.07) is 17.1. The van der Waals surface area contributed by atoms with Crippen molar-refractivity contribution in [1.29, 1.82) is 0 Å². The Bertz CT molecular complexity index is 1230. The molecule has 2 aliphatic rings. The van der Waals surface area contributed by atoms with E-state index in [9.17, 15) is 9.59 Å². The summed E-state index contributed by atoms with van der Waals surface area (Å²) in [6.07, 6.45) is 7.75. The van der Waals surface area contributed by atoms with Gasteiger partial charge in [-0.15, -0.1) is 0 Å². The highest BCUT2D eigenvalue weighted by Gasteiger charge is 2.25. The Kier molecular flexibility index (Phi) is 6.87. The van der Waals surface area contributed by atoms with Crippen LogP contribution in [0.25, 0.3) is 16.8 Å². The number of imide groups is 1. The average Bonchev–Trinajstić information content (AvgIpc) is 3.17. The summed E-state index contributed by atoms with van der Waals surface area (Å²) >= 11 is 0.890. The number of anilines is 1. The fourth-order valence-corrected chi connectivity index (χ4v) is 5.30. The van der Waals surface area contributed by atoms with Crippen LogP contribution in [0.5, 0.6) is 0 Å². The first-order chi connectivity index (χ1) is 16.6. The maximum absolute atomic E-state index is 11.7. The van der Waals surface area contributed by atoms with E-state index in [1.165, 1.54) is 16.3 Å². The Balaban J connectivity index is 1.10. The van der Waals surface area contributed by atoms with Gasteiger partial charge in [0.05, 0.1) is 10.6 Å². The summed E-state index contributed by atoms with van der Waals surface area (Å²) in [5.41, 5.74) is 1.95. The first-order valence-corrected chi connectivity index (χ1v) is 12.5. The molecule has 2 aromatic carbocycles. The molecular weight excluding hydrogens is 446 g/mol. The summed E-state index contributed by atoms with van der Waals surface area (Å²) in [5, 5.41) is 11.6. The van der Waals surface area contributed by atoms with Crippen molar-refractivity contribution < 1.29 is 9.59 Å². The zero-order chi connectivity index (χ0) is 23.3. The lowest BCUT2D eigenvalue weighted by Crippen LogP contribution is -2.31. The van der Waals surface area contributed by atoms with Gasteiger partial charge in [-0.25, -0.2) is 9.97 Å². The van der Waals surface area contributed by atoms with Crippen molar-refractivity contribution in [2.24, 2.45) is 5.92 Å². The number of benzene rings is 2. The van der Waals surface area contributed by atoms with Crippen molar-refractivity contribution in [2.45, 2.75) is 38.3 Å². The van der Waals surface area contributed by atoms with E-state index in [1.54, 1.807) is 18.3 Å². The summed E-state index contributed by atoms with van der Waals surface area (Å²) in [5.74, 6) is 0.845. The van der Waals surface area contributed by atoms with Crippen molar-refractivity contribution >= 4 is 45.7 Å². The molecule has 8 heteroatoms. The molecule has 5 rings (SSSR count). The molecule has 0 atom stereocenters. The minimum atomic E-state index is -0.379. The van der Waals surface area contributed by atoms with E-state index in [2.05, 4.69) is 68.4 Å². The molecule has 1 aliphatic carbocycles. The van der Waals surface area contributed by atoms with E-state index in [-0.39, 0.29) is 11.1 Å². The van der Waals surface area contributed by atoms with E-state index in [0.29, 0.717) is 28.5 Å². The van der Waals surface area contributed by atoms with Gasteiger partial charge in [0.15, 0.2) is 0 Å². The summed E-state index contributed by atoms with van der Waals surface area (Å²) < 4.78 is 0. The number of rotatable bonds is 7. The summed E-state index contributed by atoms with van der Waals surface area (Å²) in [7, 11) is 0. The molecule has 1 saturated carbocycles. The standard InChI is InChI=1S/C26H27N5O2S/c32-24-23(34-26(33)31-24)14-21-12-13-28-25(30-21)29-20-10-8-17(9-11-20)15-27-16-19-6-3-5-18-4-1-2-7-22(18)19/h1-7,12-14,17,20,27H,8-11,15-16H2,(H,28,29,30)(H,31,32,33). The third-order valence-electron chi connectivity index (χ3n) is 6.41. The smallest absolute Gasteiger partial charge is 0.290 e. The molecule has 7 nitrogen and oxygen atoms in total. The fraction of sp³-hybridized carbons (Fsp3) is 0.308. The van der Waals surface area contributed by atoms with Crippen LogP contribution in [0.3, 0.4) is 0 Å². The first kappa shape index (κ1) is 22.6. The van der Waals surface area contributed by atoms with Gasteiger partial charge in [0.25, 0.3) is 11.1 Å². The van der Waals surface area contributed by atoms with Gasteiger partial charge in [-0.1, -0.05) is 42.5 Å². The van der Waals surface area contributed by atoms with E-state index in [4.69, 9.17) is 0 Å². The lowest BCUT2D eigenvalue weighted by molar-refractivity contribution is -0.115. The Morgan fingerprint density at radius 2 is 1.85 bits per heavy atom. The number of nitrogens with one attached hydrogen (secondary N) is 3. The van der Waals surface area contributed by atoms with Crippen molar-refractivity contribution in [1.82, 2.24) is 20.6 Å². The van der Waals surface area contributed by atoms with Crippen LogP contribution in [-0.4, -0.2) is 33.7 Å². The van der Waals surface area contributed by atoms with Crippen molar-refractivity contribution in [3.63, 3.8) is 0 Å². The van der Waals surface area contributed by atoms with Crippen LogP contribution in [0.2, 0.25) is 0 Å². The predicted molar refractivity (Wildman–Crippen MR) is 136 cm³/mol. The van der Waals surface area contributed by atoms with Gasteiger partial charge in [0.2, 0.25) is 5.95 Å². The molecule has 0 bridgehead atoms. The van der Waals surface area contributed by atoms with Crippen molar-refractivity contribution in [3.8, 4) is 0 Å². The minimum Gasteiger partial charge on any atom is -0.351 e. The molecule has 2 fully saturated rings. The SMILES string of the molecule is O=C1NC(=O)C(=Cc2ccnc(NC3CCC(CNCc4cccc5ccccc45)CC3)n2)S1. The zero-order valence-electron chi connectivity index (χ0n) is 18.8. The topological polar surface area (TPSA) is 96.0 Å². The average molecular weight is 474 g/mol. The van der Waals surface area contributed by atoms with Crippen molar-refractivity contribution in [2.75, 3.05) is 11.9 Å². The van der Waals surface area contributed by atoms with Crippen LogP contribution in [0.15, 0.2) is 59.6 Å². The molecular formula is C26H27N5O2S. The van der Waals surface area contributed by atoms with Gasteiger partial charge >= 0.3 is 0 Å². The number of amides is 2. The second-order valence-electron chi connectivity index (χ2n) is 8.79. The van der Waals surface area contributed by atoms with Gasteiger partial charge in [0.1, 0.15) is 0 Å². The van der Waals surface area contributed by atoms with Crippen LogP contribution in [0.1, 0.15) is 36.9 Å². The van der Waals surface area contributed by atoms with E-state index in [1.807, 2.05) is 0 Å². The van der Waals surface area contributed by atoms with E-state index >= 15 is 0 Å². The predicted octanol–water partition coefficient (Wildman–Crippen LogP) is 4.71. The lowest BCUT2D eigenvalue weighted by Gasteiger charge is -2.29. The highest BCUT2D eigenvalue weighted by atomic mass is 32.2. The van der Waals surface area contributed by atoms with Gasteiger partial charge in [-0.3, -0.25) is 14.9 Å². The molecule has 0 radical (unpaired) electrons.